The van der Waals surface area contributed by atoms with Crippen molar-refractivity contribution in [2.45, 2.75) is 6.92 Å². The lowest BCUT2D eigenvalue weighted by Gasteiger charge is -2.09. The number of hydrogen-bond acceptors (Lipinski definition) is 2. The number of nitrogens with zero attached hydrogens (tertiary/aromatic N) is 1. The first-order chi connectivity index (χ1) is 7.70. The minimum atomic E-state index is 0.861. The molecule has 0 aliphatic rings. The molecule has 0 spiro atoms. The molecule has 2 aromatic rings. The molecule has 0 amide bonds. The average Bonchev–Trinajstić information content (AvgIpc) is 2.28. The Labute approximate surface area is 103 Å². The summed E-state index contributed by atoms with van der Waals surface area (Å²) in [6.07, 6.45) is 1.81. The summed E-state index contributed by atoms with van der Waals surface area (Å²) < 4.78 is 6.38. The predicted molar refractivity (Wildman–Crippen MR) is 68.7 cm³/mol. The monoisotopic (exact) mass is 277 g/mol. The van der Waals surface area contributed by atoms with Gasteiger partial charge >= 0.3 is 0 Å². The van der Waals surface area contributed by atoms with Crippen LogP contribution in [0.5, 0.6) is 5.75 Å². The molecular weight excluding hydrogens is 266 g/mol. The van der Waals surface area contributed by atoms with Crippen molar-refractivity contribution in [2.75, 3.05) is 7.11 Å². The third-order valence-corrected chi connectivity index (χ3v) is 2.86. The SMILES string of the molecule is COc1cc(Br)ccc1-c1ccnc(C)c1. The number of aromatic nitrogens is 1. The van der Waals surface area contributed by atoms with E-state index in [1.165, 1.54) is 0 Å². The van der Waals surface area contributed by atoms with Crippen LogP contribution in [-0.2, 0) is 0 Å². The Bertz CT molecular complexity index is 511. The maximum Gasteiger partial charge on any atom is 0.127 e. The molecule has 2 nitrogen and oxygen atoms in total. The van der Waals surface area contributed by atoms with E-state index in [1.54, 1.807) is 7.11 Å². The molecule has 0 radical (unpaired) electrons. The second-order valence-corrected chi connectivity index (χ2v) is 4.45. The van der Waals surface area contributed by atoms with E-state index in [4.69, 9.17) is 4.74 Å². The largest absolute Gasteiger partial charge is 0.496 e. The zero-order chi connectivity index (χ0) is 11.5. The molecule has 1 heterocycles. The van der Waals surface area contributed by atoms with Gasteiger partial charge in [0.05, 0.1) is 7.11 Å². The lowest BCUT2D eigenvalue weighted by molar-refractivity contribution is 0.416. The highest BCUT2D eigenvalue weighted by Gasteiger charge is 2.06. The van der Waals surface area contributed by atoms with E-state index >= 15 is 0 Å². The Kier molecular flexibility index (Phi) is 3.25. The second kappa shape index (κ2) is 4.66. The van der Waals surface area contributed by atoms with Gasteiger partial charge in [-0.15, -0.1) is 0 Å². The lowest BCUT2D eigenvalue weighted by atomic mass is 10.1. The number of benzene rings is 1. The highest BCUT2D eigenvalue weighted by atomic mass is 79.9. The fourth-order valence-corrected chi connectivity index (χ4v) is 1.96. The van der Waals surface area contributed by atoms with Crippen LogP contribution in [-0.4, -0.2) is 12.1 Å². The van der Waals surface area contributed by atoms with E-state index in [1.807, 2.05) is 43.5 Å². The molecule has 2 rings (SSSR count). The molecule has 1 aromatic heterocycles. The predicted octanol–water partition coefficient (Wildman–Crippen LogP) is 3.83. The molecule has 0 N–H and O–H groups in total. The van der Waals surface area contributed by atoms with Crippen molar-refractivity contribution in [3.8, 4) is 16.9 Å². The fraction of sp³-hybridized carbons (Fsp3) is 0.154. The maximum atomic E-state index is 5.37. The van der Waals surface area contributed by atoms with Crippen LogP contribution in [0.1, 0.15) is 5.69 Å². The minimum absolute atomic E-state index is 0.861. The van der Waals surface area contributed by atoms with Crippen molar-refractivity contribution in [1.82, 2.24) is 4.98 Å². The molecule has 0 atom stereocenters. The first-order valence-electron chi connectivity index (χ1n) is 4.97. The van der Waals surface area contributed by atoms with Gasteiger partial charge in [0.1, 0.15) is 5.75 Å². The molecule has 0 bridgehead atoms. The highest BCUT2D eigenvalue weighted by molar-refractivity contribution is 9.10. The van der Waals surface area contributed by atoms with Crippen LogP contribution in [0.15, 0.2) is 41.0 Å². The Morgan fingerprint density at radius 2 is 2.00 bits per heavy atom. The van der Waals surface area contributed by atoms with Gasteiger partial charge in [-0.2, -0.15) is 0 Å². The Morgan fingerprint density at radius 1 is 1.19 bits per heavy atom. The summed E-state index contributed by atoms with van der Waals surface area (Å²) in [5, 5.41) is 0. The van der Waals surface area contributed by atoms with Crippen LogP contribution < -0.4 is 4.74 Å². The Hall–Kier alpha value is -1.35. The van der Waals surface area contributed by atoms with Crippen molar-refractivity contribution in [3.63, 3.8) is 0 Å². The van der Waals surface area contributed by atoms with Crippen molar-refractivity contribution >= 4 is 15.9 Å². The standard InChI is InChI=1S/C13H12BrNO/c1-9-7-10(5-6-15-9)12-4-3-11(14)8-13(12)16-2/h3-8H,1-2H3. The molecule has 0 saturated heterocycles. The molecule has 0 unspecified atom stereocenters. The fourth-order valence-electron chi connectivity index (χ4n) is 1.62. The summed E-state index contributed by atoms with van der Waals surface area (Å²) in [5.74, 6) is 0.861. The molecule has 1 aromatic carbocycles. The Balaban J connectivity index is 2.55. The first kappa shape index (κ1) is 11.1. The summed E-state index contributed by atoms with van der Waals surface area (Å²) >= 11 is 3.43. The molecule has 0 aliphatic heterocycles. The average molecular weight is 278 g/mol. The number of aryl methyl sites for hydroxylation is 1. The summed E-state index contributed by atoms with van der Waals surface area (Å²) in [7, 11) is 1.68. The number of halogens is 1. The van der Waals surface area contributed by atoms with Crippen molar-refractivity contribution < 1.29 is 4.74 Å². The third kappa shape index (κ3) is 2.25. The van der Waals surface area contributed by atoms with Gasteiger partial charge in [-0.05, 0) is 42.8 Å². The first-order valence-corrected chi connectivity index (χ1v) is 5.76. The molecule has 0 fully saturated rings. The van der Waals surface area contributed by atoms with Crippen LogP contribution in [0.4, 0.5) is 0 Å². The molecule has 3 heteroatoms. The number of rotatable bonds is 2. The number of methoxy groups -OCH3 is 1. The van der Waals surface area contributed by atoms with E-state index in [0.29, 0.717) is 0 Å². The van der Waals surface area contributed by atoms with Crippen LogP contribution in [0.3, 0.4) is 0 Å². The van der Waals surface area contributed by atoms with Gasteiger partial charge in [0.15, 0.2) is 0 Å². The molecule has 16 heavy (non-hydrogen) atoms. The van der Waals surface area contributed by atoms with E-state index in [9.17, 15) is 0 Å². The summed E-state index contributed by atoms with van der Waals surface area (Å²) in [6.45, 7) is 1.98. The Morgan fingerprint density at radius 3 is 2.69 bits per heavy atom. The van der Waals surface area contributed by atoms with Crippen molar-refractivity contribution in [1.29, 1.82) is 0 Å². The zero-order valence-corrected chi connectivity index (χ0v) is 10.8. The second-order valence-electron chi connectivity index (χ2n) is 3.53. The maximum absolute atomic E-state index is 5.37. The highest BCUT2D eigenvalue weighted by Crippen LogP contribution is 2.32. The van der Waals surface area contributed by atoms with Crippen molar-refractivity contribution in [2.24, 2.45) is 0 Å². The van der Waals surface area contributed by atoms with Crippen molar-refractivity contribution in [3.05, 3.63) is 46.7 Å². The topological polar surface area (TPSA) is 22.1 Å². The quantitative estimate of drug-likeness (QED) is 0.833. The van der Waals surface area contributed by atoms with Crippen LogP contribution >= 0.6 is 15.9 Å². The lowest BCUT2D eigenvalue weighted by Crippen LogP contribution is -1.89. The van der Waals surface area contributed by atoms with Crippen LogP contribution in [0, 0.1) is 6.92 Å². The minimum Gasteiger partial charge on any atom is -0.496 e. The number of ether oxygens (including phenoxy) is 1. The normalized spacial score (nSPS) is 10.2. The van der Waals surface area contributed by atoms with Gasteiger partial charge in [-0.25, -0.2) is 0 Å². The van der Waals surface area contributed by atoms with Gasteiger partial charge in [0.2, 0.25) is 0 Å². The summed E-state index contributed by atoms with van der Waals surface area (Å²) in [6, 6.07) is 10.0. The summed E-state index contributed by atoms with van der Waals surface area (Å²) in [5.41, 5.74) is 3.20. The van der Waals surface area contributed by atoms with E-state index in [0.717, 1.165) is 27.0 Å². The molecular formula is C13H12BrNO. The number of hydrogen-bond donors (Lipinski definition) is 0. The van der Waals surface area contributed by atoms with Gasteiger partial charge in [0.25, 0.3) is 0 Å². The summed E-state index contributed by atoms with van der Waals surface area (Å²) in [4.78, 5) is 4.19. The van der Waals surface area contributed by atoms with E-state index in [-0.39, 0.29) is 0 Å². The smallest absolute Gasteiger partial charge is 0.127 e. The van der Waals surface area contributed by atoms with Gasteiger partial charge in [0, 0.05) is 21.9 Å². The van der Waals surface area contributed by atoms with Gasteiger partial charge in [-0.3, -0.25) is 4.98 Å². The van der Waals surface area contributed by atoms with Crippen LogP contribution in [0.25, 0.3) is 11.1 Å². The van der Waals surface area contributed by atoms with Gasteiger partial charge < -0.3 is 4.74 Å². The van der Waals surface area contributed by atoms with Gasteiger partial charge in [-0.1, -0.05) is 15.9 Å². The molecule has 82 valence electrons. The van der Waals surface area contributed by atoms with E-state index < -0.39 is 0 Å². The number of pyridine rings is 1. The zero-order valence-electron chi connectivity index (χ0n) is 9.20. The van der Waals surface area contributed by atoms with E-state index in [2.05, 4.69) is 20.9 Å². The van der Waals surface area contributed by atoms with Crippen LogP contribution in [0.2, 0.25) is 0 Å². The third-order valence-electron chi connectivity index (χ3n) is 2.37. The molecule has 0 saturated carbocycles. The molecule has 0 aliphatic carbocycles.